The van der Waals surface area contributed by atoms with Crippen molar-refractivity contribution < 1.29 is 41.5 Å². The largest absolute Gasteiger partial charge is 0.394 e. The predicted molar refractivity (Wildman–Crippen MR) is 160 cm³/mol. The number of hydrogen-bond donors (Lipinski definition) is 5. The fraction of sp³-hybridized carbons (Fsp3) is 0.370. The fourth-order valence-electron chi connectivity index (χ4n) is 5.61. The third-order valence-electron chi connectivity index (χ3n) is 7.97. The Hall–Kier alpha value is -4.77. The summed E-state index contributed by atoms with van der Waals surface area (Å²) in [6.45, 7) is -1.33. The van der Waals surface area contributed by atoms with Gasteiger partial charge in [0.25, 0.3) is 11.5 Å². The molecule has 7 rings (SSSR count). The molecule has 0 spiro atoms. The van der Waals surface area contributed by atoms with Gasteiger partial charge >= 0.3 is 10.3 Å². The van der Waals surface area contributed by atoms with E-state index in [0.29, 0.717) is 5.56 Å². The Morgan fingerprint density at radius 3 is 2.58 bits per heavy atom. The Kier molecular flexibility index (Phi) is 8.41. The third kappa shape index (κ3) is 5.91. The summed E-state index contributed by atoms with van der Waals surface area (Å²) in [4.78, 5) is 47.6. The van der Waals surface area contributed by atoms with Gasteiger partial charge in [-0.25, -0.2) is 29.3 Å². The van der Waals surface area contributed by atoms with Crippen LogP contribution in [0.5, 0.6) is 0 Å². The summed E-state index contributed by atoms with van der Waals surface area (Å²) < 4.78 is 62.4. The number of carbonyl (C=O) groups is 1. The van der Waals surface area contributed by atoms with Crippen LogP contribution in [0.4, 0.5) is 10.2 Å². The van der Waals surface area contributed by atoms with Crippen molar-refractivity contribution in [1.82, 2.24) is 43.8 Å². The molecule has 0 unspecified atom stereocenters. The first-order valence-electron chi connectivity index (χ1n) is 14.5. The molecule has 19 nitrogen and oxygen atoms in total. The minimum atomic E-state index is -4.56. The van der Waals surface area contributed by atoms with Gasteiger partial charge in [-0.15, -0.1) is 0 Å². The molecule has 0 radical (unpaired) electrons. The van der Waals surface area contributed by atoms with Gasteiger partial charge in [0.1, 0.15) is 24.8 Å². The van der Waals surface area contributed by atoms with Gasteiger partial charge in [-0.1, -0.05) is 18.2 Å². The zero-order chi connectivity index (χ0) is 33.6. The van der Waals surface area contributed by atoms with Gasteiger partial charge in [0, 0.05) is 12.0 Å². The van der Waals surface area contributed by atoms with E-state index in [1.54, 1.807) is 30.3 Å². The number of nitrogens with one attached hydrogen (secondary N) is 3. The standard InChI is InChI=1S/C27H27FN10O9S/c28-18-21(40)16(47-27(18)38-12-34-20-24(38)31-10-32-26(20)42)8-45-48(43,44)36-14-6-17(46-15(14)7-39)37-11-33-19-22(29-9-30-23(19)37)35-25(41)13-4-2-1-3-5-13/h1-5,9-12,14-18,21,27,36,39-40H,6-8H2,(H,31,32,42)(H,29,30,35,41)/t14-,15+,16+,17+,18+,21+,27+/m0/s1. The summed E-state index contributed by atoms with van der Waals surface area (Å²) in [6, 6.07) is 7.51. The van der Waals surface area contributed by atoms with Crippen molar-refractivity contribution in [3.63, 3.8) is 0 Å². The number of amides is 1. The highest BCUT2D eigenvalue weighted by Crippen LogP contribution is 2.35. The van der Waals surface area contributed by atoms with E-state index in [0.717, 1.165) is 17.2 Å². The molecule has 2 aliphatic rings. The van der Waals surface area contributed by atoms with Crippen LogP contribution in [-0.2, 0) is 24.0 Å². The number of rotatable bonds is 10. The molecule has 1 aromatic carbocycles. The van der Waals surface area contributed by atoms with Gasteiger partial charge < -0.3 is 30.0 Å². The summed E-state index contributed by atoms with van der Waals surface area (Å²) in [6.07, 6.45) is -3.70. The number of nitrogens with zero attached hydrogens (tertiary/aromatic N) is 7. The summed E-state index contributed by atoms with van der Waals surface area (Å²) in [7, 11) is -4.56. The van der Waals surface area contributed by atoms with Crippen molar-refractivity contribution in [2.75, 3.05) is 18.5 Å². The Balaban J connectivity index is 1.01. The lowest BCUT2D eigenvalue weighted by atomic mass is 10.1. The number of carbonyl (C=O) groups excluding carboxylic acids is 1. The molecule has 21 heteroatoms. The van der Waals surface area contributed by atoms with E-state index < -0.39 is 78.0 Å². The molecule has 5 aromatic rings. The second-order valence-corrected chi connectivity index (χ2v) is 12.3. The maximum absolute atomic E-state index is 15.1. The summed E-state index contributed by atoms with van der Waals surface area (Å²) in [5, 5.41) is 23.1. The second kappa shape index (κ2) is 12.7. The molecule has 1 amide bonds. The molecular weight excluding hydrogens is 659 g/mol. The van der Waals surface area contributed by atoms with Crippen molar-refractivity contribution >= 4 is 44.4 Å². The van der Waals surface area contributed by atoms with Crippen LogP contribution in [-0.4, -0.2) is 107 Å². The molecular formula is C27H27FN10O9S. The van der Waals surface area contributed by atoms with Gasteiger partial charge in [0.2, 0.25) is 0 Å². The smallest absolute Gasteiger partial charge is 0.336 e. The van der Waals surface area contributed by atoms with Crippen LogP contribution < -0.4 is 15.6 Å². The number of fused-ring (bicyclic) bond motifs is 2. The quantitative estimate of drug-likeness (QED) is 0.122. The SMILES string of the molecule is O=C(Nc1ncnc2c1ncn2[C@H]1C[C@H](NS(=O)(=O)OC[C@H]2O[C@@H](n3cnc4c(=O)[nH]cnc43)[C@H](F)[C@@H]2O)[C@@H](CO)O1)c1ccccc1. The normalized spacial score (nSPS) is 26.0. The Morgan fingerprint density at radius 2 is 1.79 bits per heavy atom. The minimum Gasteiger partial charge on any atom is -0.394 e. The van der Waals surface area contributed by atoms with Gasteiger partial charge in [0.05, 0.1) is 44.3 Å². The first-order chi connectivity index (χ1) is 23.1. The van der Waals surface area contributed by atoms with E-state index in [1.807, 2.05) is 0 Å². The van der Waals surface area contributed by atoms with Crippen LogP contribution in [0, 0.1) is 0 Å². The molecule has 252 valence electrons. The molecule has 48 heavy (non-hydrogen) atoms. The molecule has 2 saturated heterocycles. The molecule has 4 aromatic heterocycles. The van der Waals surface area contributed by atoms with E-state index in [1.165, 1.54) is 17.2 Å². The Bertz CT molecular complexity index is 2130. The number of anilines is 1. The number of H-pyrrole nitrogens is 1. The minimum absolute atomic E-state index is 0.00517. The third-order valence-corrected chi connectivity index (χ3v) is 9.01. The molecule has 0 aliphatic carbocycles. The molecule has 6 heterocycles. The van der Waals surface area contributed by atoms with Gasteiger partial charge in [-0.3, -0.25) is 22.9 Å². The molecule has 0 bridgehead atoms. The highest BCUT2D eigenvalue weighted by atomic mass is 32.2. The highest BCUT2D eigenvalue weighted by Gasteiger charge is 2.47. The fourth-order valence-corrected chi connectivity index (χ4v) is 6.61. The van der Waals surface area contributed by atoms with Gasteiger partial charge in [0.15, 0.2) is 40.5 Å². The first-order valence-corrected chi connectivity index (χ1v) is 15.9. The van der Waals surface area contributed by atoms with E-state index in [-0.39, 0.29) is 34.6 Å². The predicted octanol–water partition coefficient (Wildman–Crippen LogP) is -0.692. The lowest BCUT2D eigenvalue weighted by Gasteiger charge is -2.19. The van der Waals surface area contributed by atoms with Crippen LogP contribution >= 0.6 is 0 Å². The van der Waals surface area contributed by atoms with Crippen molar-refractivity contribution in [1.29, 1.82) is 0 Å². The molecule has 7 atom stereocenters. The number of aliphatic hydroxyl groups excluding tert-OH is 2. The van der Waals surface area contributed by atoms with Crippen molar-refractivity contribution in [3.8, 4) is 0 Å². The van der Waals surface area contributed by atoms with E-state index in [4.69, 9.17) is 13.7 Å². The van der Waals surface area contributed by atoms with Crippen molar-refractivity contribution in [3.05, 3.63) is 71.6 Å². The van der Waals surface area contributed by atoms with E-state index in [9.17, 15) is 28.2 Å². The van der Waals surface area contributed by atoms with Crippen LogP contribution in [0.2, 0.25) is 0 Å². The number of benzene rings is 1. The van der Waals surface area contributed by atoms with Crippen LogP contribution in [0.3, 0.4) is 0 Å². The van der Waals surface area contributed by atoms with Crippen molar-refractivity contribution in [2.24, 2.45) is 0 Å². The maximum Gasteiger partial charge on any atom is 0.336 e. The lowest BCUT2D eigenvalue weighted by molar-refractivity contribution is -0.0409. The van der Waals surface area contributed by atoms with Crippen molar-refractivity contribution in [2.45, 2.75) is 49.4 Å². The van der Waals surface area contributed by atoms with Gasteiger partial charge in [-0.2, -0.15) is 13.1 Å². The number of aromatic nitrogens is 8. The number of alkyl halides is 1. The summed E-state index contributed by atoms with van der Waals surface area (Å²) >= 11 is 0. The highest BCUT2D eigenvalue weighted by molar-refractivity contribution is 7.84. The molecule has 0 saturated carbocycles. The number of imidazole rings is 2. The average Bonchev–Trinajstić information content (AvgIpc) is 3.86. The van der Waals surface area contributed by atoms with E-state index in [2.05, 4.69) is 39.9 Å². The second-order valence-electron chi connectivity index (χ2n) is 10.9. The lowest BCUT2D eigenvalue weighted by Crippen LogP contribution is -2.43. The zero-order valence-electron chi connectivity index (χ0n) is 24.5. The zero-order valence-corrected chi connectivity index (χ0v) is 25.3. The Morgan fingerprint density at radius 1 is 1.04 bits per heavy atom. The van der Waals surface area contributed by atoms with Crippen LogP contribution in [0.25, 0.3) is 22.3 Å². The number of halogens is 1. The number of hydrogen-bond acceptors (Lipinski definition) is 14. The van der Waals surface area contributed by atoms with Crippen LogP contribution in [0.1, 0.15) is 29.2 Å². The van der Waals surface area contributed by atoms with E-state index >= 15 is 4.39 Å². The first kappa shape index (κ1) is 31.8. The summed E-state index contributed by atoms with van der Waals surface area (Å²) in [5.41, 5.74) is 0.316. The van der Waals surface area contributed by atoms with Crippen LogP contribution in [0.15, 0.2) is 60.4 Å². The maximum atomic E-state index is 15.1. The average molecular weight is 687 g/mol. The van der Waals surface area contributed by atoms with Gasteiger partial charge in [-0.05, 0) is 12.1 Å². The topological polar surface area (TPSA) is 251 Å². The monoisotopic (exact) mass is 686 g/mol. The Labute approximate surface area is 269 Å². The molecule has 2 fully saturated rings. The summed E-state index contributed by atoms with van der Waals surface area (Å²) in [5.74, 6) is -0.260. The number of aromatic amines is 1. The molecule has 5 N–H and O–H groups in total. The molecule has 2 aliphatic heterocycles. The number of ether oxygens (including phenoxy) is 2. The number of aliphatic hydroxyl groups is 2.